The molecule has 0 saturated carbocycles. The fourth-order valence-electron chi connectivity index (χ4n) is 1.47. The predicted molar refractivity (Wildman–Crippen MR) is 68.5 cm³/mol. The van der Waals surface area contributed by atoms with Gasteiger partial charge in [-0.25, -0.2) is 0 Å². The van der Waals surface area contributed by atoms with Crippen molar-refractivity contribution in [1.29, 1.82) is 0 Å². The normalized spacial score (nSPS) is 12.5. The van der Waals surface area contributed by atoms with Gasteiger partial charge in [0.05, 0.1) is 6.10 Å². The number of ether oxygens (including phenoxy) is 1. The van der Waals surface area contributed by atoms with Crippen molar-refractivity contribution in [2.75, 3.05) is 0 Å². The van der Waals surface area contributed by atoms with Crippen LogP contribution in [0.4, 0.5) is 0 Å². The number of benzene rings is 1. The number of aryl methyl sites for hydroxylation is 1. The van der Waals surface area contributed by atoms with Crippen LogP contribution >= 0.6 is 15.9 Å². The molecule has 0 aliphatic heterocycles. The topological polar surface area (TPSA) is 9.23 Å². The SMILES string of the molecule is CCCCC(C)Oc1ccc(Br)c(C)c1. The lowest BCUT2D eigenvalue weighted by Crippen LogP contribution is -2.11. The van der Waals surface area contributed by atoms with Crippen molar-refractivity contribution in [2.45, 2.75) is 46.1 Å². The summed E-state index contributed by atoms with van der Waals surface area (Å²) in [6.45, 7) is 6.41. The van der Waals surface area contributed by atoms with E-state index in [4.69, 9.17) is 4.74 Å². The van der Waals surface area contributed by atoms with Gasteiger partial charge in [0.15, 0.2) is 0 Å². The fraction of sp³-hybridized carbons (Fsp3) is 0.538. The van der Waals surface area contributed by atoms with Gasteiger partial charge in [-0.1, -0.05) is 35.7 Å². The highest BCUT2D eigenvalue weighted by Crippen LogP contribution is 2.22. The lowest BCUT2D eigenvalue weighted by Gasteiger charge is -2.14. The van der Waals surface area contributed by atoms with E-state index in [-0.39, 0.29) is 0 Å². The van der Waals surface area contributed by atoms with Gasteiger partial charge in [0.25, 0.3) is 0 Å². The number of hydrogen-bond acceptors (Lipinski definition) is 1. The first-order chi connectivity index (χ1) is 7.13. The zero-order valence-corrected chi connectivity index (χ0v) is 11.3. The molecule has 0 radical (unpaired) electrons. The Morgan fingerprint density at radius 2 is 2.13 bits per heavy atom. The van der Waals surface area contributed by atoms with Gasteiger partial charge in [0.2, 0.25) is 0 Å². The van der Waals surface area contributed by atoms with Crippen molar-refractivity contribution < 1.29 is 4.74 Å². The molecule has 1 atom stereocenters. The van der Waals surface area contributed by atoms with Crippen LogP contribution in [0.5, 0.6) is 5.75 Å². The van der Waals surface area contributed by atoms with Crippen LogP contribution in [-0.2, 0) is 0 Å². The van der Waals surface area contributed by atoms with Gasteiger partial charge in [-0.2, -0.15) is 0 Å². The number of rotatable bonds is 5. The minimum atomic E-state index is 0.311. The molecule has 0 bridgehead atoms. The van der Waals surface area contributed by atoms with Gasteiger partial charge in [0.1, 0.15) is 5.75 Å². The molecule has 0 fully saturated rings. The quantitative estimate of drug-likeness (QED) is 0.753. The lowest BCUT2D eigenvalue weighted by atomic mass is 10.2. The Labute approximate surface area is 101 Å². The van der Waals surface area contributed by atoms with Crippen LogP contribution in [0.1, 0.15) is 38.7 Å². The van der Waals surface area contributed by atoms with E-state index in [0.717, 1.165) is 16.6 Å². The molecule has 1 rings (SSSR count). The third-order valence-electron chi connectivity index (χ3n) is 2.43. The maximum atomic E-state index is 5.83. The molecule has 0 aliphatic rings. The summed E-state index contributed by atoms with van der Waals surface area (Å²) in [5, 5.41) is 0. The van der Waals surface area contributed by atoms with Gasteiger partial charge in [-0.15, -0.1) is 0 Å². The summed E-state index contributed by atoms with van der Waals surface area (Å²) < 4.78 is 6.97. The van der Waals surface area contributed by atoms with E-state index in [9.17, 15) is 0 Å². The zero-order valence-electron chi connectivity index (χ0n) is 9.72. The minimum Gasteiger partial charge on any atom is -0.491 e. The first-order valence-corrected chi connectivity index (χ1v) is 6.35. The van der Waals surface area contributed by atoms with Crippen molar-refractivity contribution in [1.82, 2.24) is 0 Å². The molecule has 84 valence electrons. The molecule has 1 aromatic rings. The summed E-state index contributed by atoms with van der Waals surface area (Å²) in [5.74, 6) is 0.972. The third kappa shape index (κ3) is 4.25. The van der Waals surface area contributed by atoms with Crippen LogP contribution in [-0.4, -0.2) is 6.10 Å². The molecule has 1 aromatic carbocycles. The van der Waals surface area contributed by atoms with Gasteiger partial charge >= 0.3 is 0 Å². The maximum absolute atomic E-state index is 5.83. The van der Waals surface area contributed by atoms with E-state index < -0.39 is 0 Å². The smallest absolute Gasteiger partial charge is 0.120 e. The van der Waals surface area contributed by atoms with Gasteiger partial charge < -0.3 is 4.74 Å². The van der Waals surface area contributed by atoms with Crippen molar-refractivity contribution in [3.8, 4) is 5.75 Å². The molecule has 15 heavy (non-hydrogen) atoms. The maximum Gasteiger partial charge on any atom is 0.120 e. The van der Waals surface area contributed by atoms with Crippen LogP contribution in [0.3, 0.4) is 0 Å². The number of unbranched alkanes of at least 4 members (excludes halogenated alkanes) is 1. The third-order valence-corrected chi connectivity index (χ3v) is 3.32. The molecule has 1 nitrogen and oxygen atoms in total. The molecule has 0 amide bonds. The monoisotopic (exact) mass is 270 g/mol. The van der Waals surface area contributed by atoms with Crippen molar-refractivity contribution >= 4 is 15.9 Å². The van der Waals surface area contributed by atoms with E-state index in [1.807, 2.05) is 12.1 Å². The summed E-state index contributed by atoms with van der Waals surface area (Å²) in [6.07, 6.45) is 3.90. The van der Waals surface area contributed by atoms with Crippen molar-refractivity contribution in [3.63, 3.8) is 0 Å². The highest BCUT2D eigenvalue weighted by atomic mass is 79.9. The molecule has 0 N–H and O–H groups in total. The number of halogens is 1. The molecule has 1 unspecified atom stereocenters. The van der Waals surface area contributed by atoms with Crippen molar-refractivity contribution in [2.24, 2.45) is 0 Å². The Kier molecular flexibility index (Phi) is 5.16. The Morgan fingerprint density at radius 3 is 2.73 bits per heavy atom. The molecule has 2 heteroatoms. The van der Waals surface area contributed by atoms with Gasteiger partial charge in [-0.3, -0.25) is 0 Å². The molecule has 0 aliphatic carbocycles. The lowest BCUT2D eigenvalue weighted by molar-refractivity contribution is 0.207. The Hall–Kier alpha value is -0.500. The molecular weight excluding hydrogens is 252 g/mol. The summed E-state index contributed by atoms with van der Waals surface area (Å²) in [4.78, 5) is 0. The first kappa shape index (κ1) is 12.6. The highest BCUT2D eigenvalue weighted by molar-refractivity contribution is 9.10. The van der Waals surface area contributed by atoms with Crippen LogP contribution in [0.15, 0.2) is 22.7 Å². The second-order valence-corrected chi connectivity index (χ2v) is 4.84. The van der Waals surface area contributed by atoms with E-state index in [2.05, 4.69) is 42.8 Å². The average molecular weight is 271 g/mol. The summed E-state index contributed by atoms with van der Waals surface area (Å²) in [5.41, 5.74) is 1.22. The fourth-order valence-corrected chi connectivity index (χ4v) is 1.72. The Balaban J connectivity index is 2.53. The largest absolute Gasteiger partial charge is 0.491 e. The van der Waals surface area contributed by atoms with Crippen LogP contribution < -0.4 is 4.74 Å². The average Bonchev–Trinajstić information content (AvgIpc) is 2.20. The van der Waals surface area contributed by atoms with Crippen molar-refractivity contribution in [3.05, 3.63) is 28.2 Å². The zero-order chi connectivity index (χ0) is 11.3. The molecule has 0 spiro atoms. The Bertz CT molecular complexity index is 309. The molecule has 0 saturated heterocycles. The van der Waals surface area contributed by atoms with Crippen LogP contribution in [0.2, 0.25) is 0 Å². The van der Waals surface area contributed by atoms with E-state index in [0.29, 0.717) is 6.10 Å². The number of hydrogen-bond donors (Lipinski definition) is 0. The summed E-state index contributed by atoms with van der Waals surface area (Å²) >= 11 is 3.48. The van der Waals surface area contributed by atoms with Crippen LogP contribution in [0.25, 0.3) is 0 Å². The minimum absolute atomic E-state index is 0.311. The van der Waals surface area contributed by atoms with Crippen LogP contribution in [0, 0.1) is 6.92 Å². The second-order valence-electron chi connectivity index (χ2n) is 3.98. The van der Waals surface area contributed by atoms with E-state index >= 15 is 0 Å². The molecular formula is C13H19BrO. The summed E-state index contributed by atoms with van der Waals surface area (Å²) in [7, 11) is 0. The molecule has 0 heterocycles. The van der Waals surface area contributed by atoms with Gasteiger partial charge in [0, 0.05) is 4.47 Å². The second kappa shape index (κ2) is 6.16. The highest BCUT2D eigenvalue weighted by Gasteiger charge is 2.04. The molecule has 0 aromatic heterocycles. The Morgan fingerprint density at radius 1 is 1.40 bits per heavy atom. The van der Waals surface area contributed by atoms with E-state index in [1.165, 1.54) is 18.4 Å². The predicted octanol–water partition coefficient (Wildman–Crippen LogP) is 4.72. The first-order valence-electron chi connectivity index (χ1n) is 5.56. The van der Waals surface area contributed by atoms with E-state index in [1.54, 1.807) is 0 Å². The standard InChI is InChI=1S/C13H19BrO/c1-4-5-6-11(3)15-12-7-8-13(14)10(2)9-12/h7-9,11H,4-6H2,1-3H3. The van der Waals surface area contributed by atoms with Gasteiger partial charge in [-0.05, 0) is 44.0 Å². The summed E-state index contributed by atoms with van der Waals surface area (Å²) in [6, 6.07) is 6.13.